The molecule has 0 unspecified atom stereocenters. The summed E-state index contributed by atoms with van der Waals surface area (Å²) in [6, 6.07) is 8.68. The van der Waals surface area contributed by atoms with Crippen LogP contribution in [0.3, 0.4) is 0 Å². The summed E-state index contributed by atoms with van der Waals surface area (Å²) in [6.45, 7) is 3.92. The number of carbonyl (C=O) groups is 1. The molecule has 8 nitrogen and oxygen atoms in total. The average Bonchev–Trinajstić information content (AvgIpc) is 2.98. The van der Waals surface area contributed by atoms with Crippen molar-refractivity contribution in [2.24, 2.45) is 0 Å². The van der Waals surface area contributed by atoms with Crippen molar-refractivity contribution in [1.82, 2.24) is 19.6 Å². The lowest BCUT2D eigenvalue weighted by Gasteiger charge is -2.09. The van der Waals surface area contributed by atoms with E-state index in [1.54, 1.807) is 37.3 Å². The number of hydrogen-bond donors (Lipinski definition) is 1. The van der Waals surface area contributed by atoms with Crippen LogP contribution in [0.1, 0.15) is 12.6 Å². The number of hydrogen-bond acceptors (Lipinski definition) is 6. The number of aromatic nitrogens is 4. The molecule has 0 fully saturated rings. The summed E-state index contributed by atoms with van der Waals surface area (Å²) in [5.74, 6) is 1.58. The molecule has 0 aliphatic carbocycles. The van der Waals surface area contributed by atoms with Crippen molar-refractivity contribution >= 4 is 17.6 Å². The lowest BCUT2D eigenvalue weighted by molar-refractivity contribution is 0.168. The number of aryl methyl sites for hydroxylation is 1. The Labute approximate surface area is 132 Å². The molecule has 0 saturated carbocycles. The number of benzene rings is 1. The van der Waals surface area contributed by atoms with E-state index in [1.165, 1.54) is 10.8 Å². The molecule has 0 atom stereocenters. The summed E-state index contributed by atoms with van der Waals surface area (Å²) >= 11 is 0. The van der Waals surface area contributed by atoms with E-state index in [0.717, 1.165) is 5.69 Å². The van der Waals surface area contributed by atoms with Gasteiger partial charge in [0.05, 0.1) is 6.61 Å². The first-order valence-corrected chi connectivity index (χ1v) is 7.05. The van der Waals surface area contributed by atoms with E-state index in [2.05, 4.69) is 20.4 Å². The van der Waals surface area contributed by atoms with Crippen molar-refractivity contribution in [3.8, 4) is 11.6 Å². The fourth-order valence-corrected chi connectivity index (χ4v) is 1.98. The number of anilines is 1. The van der Waals surface area contributed by atoms with Crippen molar-refractivity contribution < 1.29 is 14.3 Å². The Bertz CT molecular complexity index is 829. The largest absolute Gasteiger partial charge is 0.450 e. The first-order valence-electron chi connectivity index (χ1n) is 7.05. The molecule has 0 aliphatic rings. The second kappa shape index (κ2) is 6.30. The lowest BCUT2D eigenvalue weighted by atomic mass is 10.3. The summed E-state index contributed by atoms with van der Waals surface area (Å²) in [4.78, 5) is 19.6. The normalized spacial score (nSPS) is 10.5. The van der Waals surface area contributed by atoms with Crippen LogP contribution in [0, 0.1) is 6.92 Å². The van der Waals surface area contributed by atoms with Gasteiger partial charge in [0, 0.05) is 17.4 Å². The summed E-state index contributed by atoms with van der Waals surface area (Å²) in [6.07, 6.45) is 0.927. The summed E-state index contributed by atoms with van der Waals surface area (Å²) in [5.41, 5.74) is 1.40. The zero-order valence-electron chi connectivity index (χ0n) is 12.7. The molecule has 1 N–H and O–H groups in total. The molecule has 0 spiro atoms. The molecule has 23 heavy (non-hydrogen) atoms. The van der Waals surface area contributed by atoms with Crippen molar-refractivity contribution in [2.45, 2.75) is 13.8 Å². The fourth-order valence-electron chi connectivity index (χ4n) is 1.98. The topological polar surface area (TPSA) is 90.6 Å². The van der Waals surface area contributed by atoms with Gasteiger partial charge in [0.15, 0.2) is 0 Å². The first-order chi connectivity index (χ1) is 11.2. The third-order valence-electron chi connectivity index (χ3n) is 2.95. The number of rotatable bonds is 4. The van der Waals surface area contributed by atoms with Gasteiger partial charge in [-0.1, -0.05) is 0 Å². The minimum Gasteiger partial charge on any atom is -0.450 e. The number of carbonyl (C=O) groups excluding carboxylic acids is 1. The van der Waals surface area contributed by atoms with Crippen LogP contribution in [0.25, 0.3) is 5.78 Å². The molecule has 2 heterocycles. The van der Waals surface area contributed by atoms with E-state index in [0.29, 0.717) is 29.7 Å². The van der Waals surface area contributed by atoms with Gasteiger partial charge in [-0.25, -0.2) is 9.78 Å². The molecule has 1 amide bonds. The highest BCUT2D eigenvalue weighted by atomic mass is 16.5. The van der Waals surface area contributed by atoms with Gasteiger partial charge < -0.3 is 9.47 Å². The molecule has 1 aromatic carbocycles. The quantitative estimate of drug-likeness (QED) is 0.796. The SMILES string of the molecule is CCOC(=O)Nc1ccc(Oc2cc(C)nc3ncnn23)cc1. The van der Waals surface area contributed by atoms with Crippen LogP contribution < -0.4 is 10.1 Å². The lowest BCUT2D eigenvalue weighted by Crippen LogP contribution is -2.13. The van der Waals surface area contributed by atoms with E-state index < -0.39 is 6.09 Å². The van der Waals surface area contributed by atoms with Gasteiger partial charge in [-0.3, -0.25) is 5.32 Å². The second-order valence-corrected chi connectivity index (χ2v) is 4.68. The Morgan fingerprint density at radius 2 is 2.09 bits per heavy atom. The maximum atomic E-state index is 11.4. The minimum atomic E-state index is -0.491. The van der Waals surface area contributed by atoms with E-state index in [1.807, 2.05) is 6.92 Å². The first kappa shape index (κ1) is 14.8. The molecule has 3 rings (SSSR count). The van der Waals surface area contributed by atoms with Crippen LogP contribution >= 0.6 is 0 Å². The van der Waals surface area contributed by atoms with Crippen molar-refractivity contribution in [1.29, 1.82) is 0 Å². The van der Waals surface area contributed by atoms with Crippen molar-refractivity contribution in [3.63, 3.8) is 0 Å². The second-order valence-electron chi connectivity index (χ2n) is 4.68. The monoisotopic (exact) mass is 313 g/mol. The van der Waals surface area contributed by atoms with Gasteiger partial charge in [-0.2, -0.15) is 14.6 Å². The molecule has 0 radical (unpaired) electrons. The molecule has 0 bridgehead atoms. The average molecular weight is 313 g/mol. The maximum Gasteiger partial charge on any atom is 0.411 e. The van der Waals surface area contributed by atoms with Gasteiger partial charge in [-0.15, -0.1) is 0 Å². The van der Waals surface area contributed by atoms with Crippen LogP contribution in [0.2, 0.25) is 0 Å². The van der Waals surface area contributed by atoms with Gasteiger partial charge >= 0.3 is 6.09 Å². The highest BCUT2D eigenvalue weighted by Crippen LogP contribution is 2.23. The van der Waals surface area contributed by atoms with Gasteiger partial charge in [0.1, 0.15) is 12.1 Å². The predicted octanol–water partition coefficient (Wildman–Crippen LogP) is 2.79. The number of nitrogens with one attached hydrogen (secondary N) is 1. The van der Waals surface area contributed by atoms with Gasteiger partial charge in [0.2, 0.25) is 5.88 Å². The number of amides is 1. The highest BCUT2D eigenvalue weighted by Gasteiger charge is 2.08. The van der Waals surface area contributed by atoms with Gasteiger partial charge in [-0.05, 0) is 38.1 Å². The molecular weight excluding hydrogens is 298 g/mol. The van der Waals surface area contributed by atoms with Crippen LogP contribution in [0.5, 0.6) is 11.6 Å². The van der Waals surface area contributed by atoms with E-state index in [-0.39, 0.29) is 0 Å². The molecular formula is C15H15N5O3. The Morgan fingerprint density at radius 1 is 1.30 bits per heavy atom. The zero-order valence-corrected chi connectivity index (χ0v) is 12.7. The highest BCUT2D eigenvalue weighted by molar-refractivity contribution is 5.84. The molecule has 8 heteroatoms. The Hall–Kier alpha value is -3.16. The predicted molar refractivity (Wildman–Crippen MR) is 82.7 cm³/mol. The van der Waals surface area contributed by atoms with Crippen molar-refractivity contribution in [2.75, 3.05) is 11.9 Å². The summed E-state index contributed by atoms with van der Waals surface area (Å²) < 4.78 is 12.1. The van der Waals surface area contributed by atoms with E-state index >= 15 is 0 Å². The van der Waals surface area contributed by atoms with Gasteiger partial charge in [0.25, 0.3) is 5.78 Å². The third-order valence-corrected chi connectivity index (χ3v) is 2.95. The Balaban J connectivity index is 1.77. The van der Waals surface area contributed by atoms with Crippen LogP contribution in [-0.4, -0.2) is 32.3 Å². The fraction of sp³-hybridized carbons (Fsp3) is 0.200. The summed E-state index contributed by atoms with van der Waals surface area (Å²) in [7, 11) is 0. The molecule has 0 saturated heterocycles. The zero-order chi connectivity index (χ0) is 16.2. The molecule has 0 aliphatic heterocycles. The number of fused-ring (bicyclic) bond motifs is 1. The maximum absolute atomic E-state index is 11.4. The minimum absolute atomic E-state index is 0.322. The molecule has 2 aromatic heterocycles. The smallest absolute Gasteiger partial charge is 0.411 e. The third kappa shape index (κ3) is 3.37. The van der Waals surface area contributed by atoms with Crippen LogP contribution in [0.15, 0.2) is 36.7 Å². The number of nitrogens with zero attached hydrogens (tertiary/aromatic N) is 4. The van der Waals surface area contributed by atoms with E-state index in [9.17, 15) is 4.79 Å². The molecule has 3 aromatic rings. The van der Waals surface area contributed by atoms with E-state index in [4.69, 9.17) is 9.47 Å². The van der Waals surface area contributed by atoms with Crippen molar-refractivity contribution in [3.05, 3.63) is 42.4 Å². The van der Waals surface area contributed by atoms with Crippen LogP contribution in [0.4, 0.5) is 10.5 Å². The summed E-state index contributed by atoms with van der Waals surface area (Å²) in [5, 5.41) is 6.69. The molecule has 118 valence electrons. The standard InChI is InChI=1S/C15H15N5O3/c1-3-22-15(21)19-11-4-6-12(7-5-11)23-13-8-10(2)18-14-16-9-17-20(13)14/h4-9H,3H2,1-2H3,(H,19,21). The Kier molecular flexibility index (Phi) is 4.05. The number of ether oxygens (including phenoxy) is 2. The van der Waals surface area contributed by atoms with Crippen LogP contribution in [-0.2, 0) is 4.74 Å². The Morgan fingerprint density at radius 3 is 2.83 bits per heavy atom.